The number of benzene rings is 1. The number of carboxylic acid groups (broad SMARTS) is 1. The van der Waals surface area contributed by atoms with E-state index in [0.29, 0.717) is 23.5 Å². The van der Waals surface area contributed by atoms with Crippen molar-refractivity contribution in [2.75, 3.05) is 18.0 Å². The summed E-state index contributed by atoms with van der Waals surface area (Å²) >= 11 is 0. The first-order chi connectivity index (χ1) is 11.1. The monoisotopic (exact) mass is 310 g/mol. The largest absolute Gasteiger partial charge is 0.465 e. The van der Waals surface area contributed by atoms with Crippen molar-refractivity contribution in [1.82, 2.24) is 10.3 Å². The zero-order chi connectivity index (χ0) is 16.4. The summed E-state index contributed by atoms with van der Waals surface area (Å²) in [5.41, 5.74) is 2.24. The minimum Gasteiger partial charge on any atom is -0.465 e. The minimum absolute atomic E-state index is 0.0985. The molecule has 2 aromatic rings. The van der Waals surface area contributed by atoms with Crippen LogP contribution in [0, 0.1) is 17.2 Å². The Balaban J connectivity index is 1.99. The summed E-state index contributed by atoms with van der Waals surface area (Å²) in [6, 6.07) is 9.59. The molecule has 3 rings (SSSR count). The van der Waals surface area contributed by atoms with Crippen LogP contribution in [0.5, 0.6) is 0 Å². The predicted molar refractivity (Wildman–Crippen MR) is 87.4 cm³/mol. The maximum absolute atomic E-state index is 10.9. The third kappa shape index (κ3) is 3.04. The molecule has 2 atom stereocenters. The van der Waals surface area contributed by atoms with Crippen LogP contribution in [-0.2, 0) is 0 Å². The Morgan fingerprint density at radius 3 is 3.00 bits per heavy atom. The zero-order valence-corrected chi connectivity index (χ0v) is 12.9. The molecule has 0 saturated carbocycles. The van der Waals surface area contributed by atoms with E-state index in [1.807, 2.05) is 18.2 Å². The van der Waals surface area contributed by atoms with Gasteiger partial charge in [0.25, 0.3) is 0 Å². The van der Waals surface area contributed by atoms with E-state index in [0.717, 1.165) is 24.0 Å². The van der Waals surface area contributed by atoms with Gasteiger partial charge in [0, 0.05) is 36.4 Å². The Kier molecular flexibility index (Phi) is 4.02. The molecule has 1 aliphatic rings. The highest BCUT2D eigenvalue weighted by Crippen LogP contribution is 2.31. The molecule has 1 amide bonds. The maximum atomic E-state index is 10.9. The zero-order valence-electron chi connectivity index (χ0n) is 12.9. The molecule has 0 aliphatic carbocycles. The van der Waals surface area contributed by atoms with Gasteiger partial charge in [-0.3, -0.25) is 4.98 Å². The van der Waals surface area contributed by atoms with E-state index in [2.05, 4.69) is 28.2 Å². The molecule has 1 unspecified atom stereocenters. The topological polar surface area (TPSA) is 89.2 Å². The molecule has 0 radical (unpaired) electrons. The second-order valence-corrected chi connectivity index (χ2v) is 6.04. The van der Waals surface area contributed by atoms with Crippen LogP contribution in [-0.4, -0.2) is 35.3 Å². The second-order valence-electron chi connectivity index (χ2n) is 6.04. The Labute approximate surface area is 134 Å². The van der Waals surface area contributed by atoms with Crippen LogP contribution >= 0.6 is 0 Å². The van der Waals surface area contributed by atoms with Crippen LogP contribution in [0.15, 0.2) is 30.5 Å². The second kappa shape index (κ2) is 6.13. The number of amides is 1. The number of anilines is 1. The van der Waals surface area contributed by atoms with Gasteiger partial charge < -0.3 is 15.3 Å². The van der Waals surface area contributed by atoms with E-state index >= 15 is 0 Å². The number of pyridine rings is 1. The maximum Gasteiger partial charge on any atom is 0.404 e. The number of fused-ring (bicyclic) bond motifs is 1. The molecule has 118 valence electrons. The fraction of sp³-hybridized carbons (Fsp3) is 0.353. The van der Waals surface area contributed by atoms with Gasteiger partial charge in [-0.15, -0.1) is 0 Å². The first kappa shape index (κ1) is 15.1. The molecule has 6 heteroatoms. The lowest BCUT2D eigenvalue weighted by atomic mass is 9.94. The summed E-state index contributed by atoms with van der Waals surface area (Å²) in [5, 5.41) is 21.7. The van der Waals surface area contributed by atoms with Crippen molar-refractivity contribution in [3.05, 3.63) is 36.0 Å². The molecule has 2 N–H and O–H groups in total. The summed E-state index contributed by atoms with van der Waals surface area (Å²) < 4.78 is 0. The van der Waals surface area contributed by atoms with E-state index in [-0.39, 0.29) is 6.04 Å². The Hall–Kier alpha value is -2.81. The number of carbonyl (C=O) groups is 1. The van der Waals surface area contributed by atoms with E-state index in [9.17, 15) is 10.1 Å². The highest BCUT2D eigenvalue weighted by molar-refractivity contribution is 5.95. The molecule has 0 spiro atoms. The van der Waals surface area contributed by atoms with Crippen molar-refractivity contribution in [3.63, 3.8) is 0 Å². The molecule has 6 nitrogen and oxygen atoms in total. The Morgan fingerprint density at radius 2 is 2.26 bits per heavy atom. The summed E-state index contributed by atoms with van der Waals surface area (Å²) in [7, 11) is 0. The SMILES string of the molecule is C[C@H]1CC(NC(=O)O)CN(c2ccc(C#N)c3ncccc23)C1. The number of nitriles is 1. The number of nitrogens with zero attached hydrogens (tertiary/aromatic N) is 3. The first-order valence-corrected chi connectivity index (χ1v) is 7.60. The first-order valence-electron chi connectivity index (χ1n) is 7.60. The normalized spacial score (nSPS) is 21.0. The summed E-state index contributed by atoms with van der Waals surface area (Å²) in [6.45, 7) is 3.59. The van der Waals surface area contributed by atoms with Gasteiger partial charge >= 0.3 is 6.09 Å². The van der Waals surface area contributed by atoms with Gasteiger partial charge in [0.05, 0.1) is 11.1 Å². The number of nitrogens with one attached hydrogen (secondary N) is 1. The van der Waals surface area contributed by atoms with Crippen LogP contribution in [0.2, 0.25) is 0 Å². The van der Waals surface area contributed by atoms with Crippen molar-refractivity contribution in [2.24, 2.45) is 5.92 Å². The van der Waals surface area contributed by atoms with E-state index in [1.165, 1.54) is 0 Å². The van der Waals surface area contributed by atoms with Crippen molar-refractivity contribution in [2.45, 2.75) is 19.4 Å². The van der Waals surface area contributed by atoms with Crippen LogP contribution in [0.3, 0.4) is 0 Å². The smallest absolute Gasteiger partial charge is 0.404 e. The van der Waals surface area contributed by atoms with E-state index < -0.39 is 6.09 Å². The van der Waals surface area contributed by atoms with Gasteiger partial charge in [0.15, 0.2) is 0 Å². The highest BCUT2D eigenvalue weighted by Gasteiger charge is 2.27. The van der Waals surface area contributed by atoms with Gasteiger partial charge in [0.1, 0.15) is 6.07 Å². The average molecular weight is 310 g/mol. The molecule has 1 fully saturated rings. The fourth-order valence-corrected chi connectivity index (χ4v) is 3.35. The van der Waals surface area contributed by atoms with Gasteiger partial charge in [-0.05, 0) is 36.6 Å². The van der Waals surface area contributed by atoms with Crippen LogP contribution in [0.1, 0.15) is 18.9 Å². The molecule has 2 heterocycles. The number of hydrogen-bond acceptors (Lipinski definition) is 4. The van der Waals surface area contributed by atoms with Gasteiger partial charge in [-0.1, -0.05) is 6.92 Å². The van der Waals surface area contributed by atoms with Crippen LogP contribution in [0.25, 0.3) is 10.9 Å². The Morgan fingerprint density at radius 1 is 1.43 bits per heavy atom. The molecular formula is C17H18N4O2. The highest BCUT2D eigenvalue weighted by atomic mass is 16.4. The van der Waals surface area contributed by atoms with Crippen LogP contribution in [0.4, 0.5) is 10.5 Å². The van der Waals surface area contributed by atoms with Crippen molar-refractivity contribution in [1.29, 1.82) is 5.26 Å². The number of piperidine rings is 1. The van der Waals surface area contributed by atoms with Crippen molar-refractivity contribution >= 4 is 22.7 Å². The molecule has 1 aliphatic heterocycles. The Bertz CT molecular complexity index is 784. The number of rotatable bonds is 2. The lowest BCUT2D eigenvalue weighted by Gasteiger charge is -2.38. The van der Waals surface area contributed by atoms with Gasteiger partial charge in [0.2, 0.25) is 0 Å². The molecule has 1 aromatic heterocycles. The fourth-order valence-electron chi connectivity index (χ4n) is 3.35. The standard InChI is InChI=1S/C17H18N4O2/c1-11-7-13(20-17(22)23)10-21(9-11)15-5-4-12(8-18)16-14(15)3-2-6-19-16/h2-6,11,13,20H,7,9-10H2,1H3,(H,22,23)/t11-,13?/m0/s1. The average Bonchev–Trinajstić information content (AvgIpc) is 2.52. The van der Waals surface area contributed by atoms with Crippen molar-refractivity contribution < 1.29 is 9.90 Å². The van der Waals surface area contributed by atoms with Gasteiger partial charge in [-0.2, -0.15) is 5.26 Å². The van der Waals surface area contributed by atoms with Crippen molar-refractivity contribution in [3.8, 4) is 6.07 Å². The molecule has 0 bridgehead atoms. The van der Waals surface area contributed by atoms with E-state index in [1.54, 1.807) is 12.3 Å². The summed E-state index contributed by atoms with van der Waals surface area (Å²) in [6.07, 6.45) is 1.52. The van der Waals surface area contributed by atoms with Gasteiger partial charge in [-0.25, -0.2) is 4.79 Å². The number of hydrogen-bond donors (Lipinski definition) is 2. The summed E-state index contributed by atoms with van der Waals surface area (Å²) in [5.74, 6) is 0.378. The third-order valence-corrected chi connectivity index (χ3v) is 4.20. The van der Waals surface area contributed by atoms with E-state index in [4.69, 9.17) is 5.11 Å². The molecule has 1 aromatic carbocycles. The lowest BCUT2D eigenvalue weighted by Crippen LogP contribution is -2.50. The molecule has 23 heavy (non-hydrogen) atoms. The predicted octanol–water partition coefficient (Wildman–Crippen LogP) is 2.59. The third-order valence-electron chi connectivity index (χ3n) is 4.20. The van der Waals surface area contributed by atoms with Crippen LogP contribution < -0.4 is 10.2 Å². The molecular weight excluding hydrogens is 292 g/mol. The lowest BCUT2D eigenvalue weighted by molar-refractivity contribution is 0.186. The molecule has 1 saturated heterocycles. The minimum atomic E-state index is -0.990. The quantitative estimate of drug-likeness (QED) is 0.890. The number of aromatic nitrogens is 1. The summed E-state index contributed by atoms with van der Waals surface area (Å²) in [4.78, 5) is 17.5.